The van der Waals surface area contributed by atoms with Gasteiger partial charge in [0.1, 0.15) is 17.0 Å². The van der Waals surface area contributed by atoms with Gasteiger partial charge in [0.2, 0.25) is 0 Å². The number of hydrogen-bond donors (Lipinski definition) is 1. The van der Waals surface area contributed by atoms with Gasteiger partial charge < -0.3 is 10.2 Å². The lowest BCUT2D eigenvalue weighted by Gasteiger charge is -2.26. The molecule has 3 aromatic rings. The van der Waals surface area contributed by atoms with Gasteiger partial charge >= 0.3 is 0 Å². The Morgan fingerprint density at radius 3 is 2.73 bits per heavy atom. The smallest absolute Gasteiger partial charge is 0.262 e. The zero-order valence-corrected chi connectivity index (χ0v) is 18.3. The van der Waals surface area contributed by atoms with Crippen molar-refractivity contribution in [3.05, 3.63) is 52.2 Å². The van der Waals surface area contributed by atoms with Crippen LogP contribution >= 0.6 is 11.3 Å². The summed E-state index contributed by atoms with van der Waals surface area (Å²) in [7, 11) is 0. The van der Waals surface area contributed by atoms with Crippen LogP contribution in [0.15, 0.2) is 30.6 Å². The molecule has 1 atom stereocenters. The topological polar surface area (TPSA) is 58.1 Å². The lowest BCUT2D eigenvalue weighted by atomic mass is 9.87. The molecule has 1 amide bonds. The minimum Gasteiger partial charge on any atom is -0.356 e. The number of carbonyl (C=O) groups excluding carboxylic acids is 1. The van der Waals surface area contributed by atoms with Gasteiger partial charge in [0.25, 0.3) is 5.91 Å². The molecule has 0 radical (unpaired) electrons. The summed E-state index contributed by atoms with van der Waals surface area (Å²) in [4.78, 5) is 26.5. The summed E-state index contributed by atoms with van der Waals surface area (Å²) in [6.07, 6.45) is 9.81. The first-order valence-corrected chi connectivity index (χ1v) is 11.9. The standard InChI is InChI=1S/C24H28N4OS/c1-16-20-22(28-13-6-2-3-7-14-28)25-15-26-24(20)30-21(16)23(29)27-19-12-8-10-17-9-4-5-11-18(17)19/h4-5,9,11,15,19H,2-3,6-8,10,12-14H2,1H3,(H,27,29)/t19-/m0/s1. The van der Waals surface area contributed by atoms with Crippen LogP contribution in [0.4, 0.5) is 5.82 Å². The SMILES string of the molecule is Cc1c(C(=O)N[C@H]2CCCc3ccccc32)sc2ncnc(N3CCCCCC3)c12. The van der Waals surface area contributed by atoms with Crippen molar-refractivity contribution in [1.82, 2.24) is 15.3 Å². The fraction of sp³-hybridized carbons (Fsp3) is 0.458. The molecule has 0 spiro atoms. The number of anilines is 1. The van der Waals surface area contributed by atoms with Gasteiger partial charge in [-0.15, -0.1) is 11.3 Å². The number of benzene rings is 1. The molecule has 0 saturated carbocycles. The molecule has 2 aliphatic rings. The second-order valence-corrected chi connectivity index (χ2v) is 9.45. The molecule has 1 fully saturated rings. The fourth-order valence-corrected chi connectivity index (χ4v) is 5.97. The van der Waals surface area contributed by atoms with E-state index in [-0.39, 0.29) is 11.9 Å². The molecule has 1 aromatic carbocycles. The van der Waals surface area contributed by atoms with Gasteiger partial charge in [0.15, 0.2) is 0 Å². The molecule has 1 saturated heterocycles. The Morgan fingerprint density at radius 1 is 1.10 bits per heavy atom. The van der Waals surface area contributed by atoms with E-state index >= 15 is 0 Å². The molecule has 1 N–H and O–H groups in total. The second kappa shape index (κ2) is 8.34. The first kappa shape index (κ1) is 19.5. The molecular formula is C24H28N4OS. The number of amides is 1. The molecule has 6 heteroatoms. The van der Waals surface area contributed by atoms with Crippen molar-refractivity contribution in [2.24, 2.45) is 0 Å². The van der Waals surface area contributed by atoms with E-state index in [2.05, 4.69) is 44.5 Å². The number of aryl methyl sites for hydroxylation is 2. The van der Waals surface area contributed by atoms with Gasteiger partial charge in [0, 0.05) is 13.1 Å². The summed E-state index contributed by atoms with van der Waals surface area (Å²) in [6, 6.07) is 8.57. The minimum atomic E-state index is 0.0130. The minimum absolute atomic E-state index is 0.0130. The normalized spacial score (nSPS) is 19.4. The van der Waals surface area contributed by atoms with Crippen LogP contribution in [0, 0.1) is 6.92 Å². The van der Waals surface area contributed by atoms with Crippen LogP contribution in [-0.2, 0) is 6.42 Å². The number of aromatic nitrogens is 2. The van der Waals surface area contributed by atoms with Crippen LogP contribution in [-0.4, -0.2) is 29.0 Å². The predicted octanol–water partition coefficient (Wildman–Crippen LogP) is 5.19. The Morgan fingerprint density at radius 2 is 1.90 bits per heavy atom. The number of rotatable bonds is 3. The quantitative estimate of drug-likeness (QED) is 0.634. The number of fused-ring (bicyclic) bond motifs is 2. The number of carbonyl (C=O) groups is 1. The van der Waals surface area contributed by atoms with Gasteiger partial charge in [0.05, 0.1) is 16.3 Å². The van der Waals surface area contributed by atoms with Crippen molar-refractivity contribution in [3.63, 3.8) is 0 Å². The van der Waals surface area contributed by atoms with Gasteiger partial charge in [-0.25, -0.2) is 9.97 Å². The Kier molecular flexibility index (Phi) is 5.42. The average molecular weight is 421 g/mol. The zero-order chi connectivity index (χ0) is 20.5. The number of hydrogen-bond acceptors (Lipinski definition) is 5. The van der Waals surface area contributed by atoms with Crippen molar-refractivity contribution in [2.45, 2.75) is 57.9 Å². The third kappa shape index (κ3) is 3.58. The summed E-state index contributed by atoms with van der Waals surface area (Å²) < 4.78 is 0. The highest BCUT2D eigenvalue weighted by atomic mass is 32.1. The number of nitrogens with zero attached hydrogens (tertiary/aromatic N) is 3. The fourth-order valence-electron chi connectivity index (χ4n) is 4.92. The highest BCUT2D eigenvalue weighted by molar-refractivity contribution is 7.20. The summed E-state index contributed by atoms with van der Waals surface area (Å²) in [6.45, 7) is 4.11. The Hall–Kier alpha value is -2.47. The van der Waals surface area contributed by atoms with Gasteiger partial charge in [-0.3, -0.25) is 4.79 Å². The molecule has 5 nitrogen and oxygen atoms in total. The summed E-state index contributed by atoms with van der Waals surface area (Å²) >= 11 is 1.50. The maximum absolute atomic E-state index is 13.3. The van der Waals surface area contributed by atoms with Crippen LogP contribution in [0.1, 0.15) is 70.9 Å². The van der Waals surface area contributed by atoms with E-state index in [0.717, 1.165) is 58.8 Å². The molecular weight excluding hydrogens is 392 g/mol. The van der Waals surface area contributed by atoms with Crippen molar-refractivity contribution < 1.29 is 4.79 Å². The highest BCUT2D eigenvalue weighted by Crippen LogP contribution is 2.36. The maximum Gasteiger partial charge on any atom is 0.262 e. The van der Waals surface area contributed by atoms with E-state index < -0.39 is 0 Å². The van der Waals surface area contributed by atoms with Gasteiger partial charge in [-0.1, -0.05) is 37.1 Å². The first-order valence-electron chi connectivity index (χ1n) is 11.1. The van der Waals surface area contributed by atoms with E-state index in [9.17, 15) is 4.79 Å². The molecule has 0 bridgehead atoms. The van der Waals surface area contributed by atoms with E-state index in [0.29, 0.717) is 0 Å². The van der Waals surface area contributed by atoms with Crippen LogP contribution in [0.25, 0.3) is 10.2 Å². The predicted molar refractivity (Wildman–Crippen MR) is 122 cm³/mol. The average Bonchev–Trinajstić information content (AvgIpc) is 2.94. The monoisotopic (exact) mass is 420 g/mol. The Labute approximate surface area is 181 Å². The molecule has 3 heterocycles. The molecule has 1 aliphatic heterocycles. The van der Waals surface area contributed by atoms with E-state index in [1.54, 1.807) is 6.33 Å². The van der Waals surface area contributed by atoms with Crippen LogP contribution in [0.2, 0.25) is 0 Å². The zero-order valence-electron chi connectivity index (χ0n) is 17.5. The third-order valence-corrected chi connectivity index (χ3v) is 7.69. The molecule has 0 unspecified atom stereocenters. The van der Waals surface area contributed by atoms with Crippen LogP contribution in [0.5, 0.6) is 0 Å². The molecule has 2 aromatic heterocycles. The molecule has 1 aliphatic carbocycles. The lowest BCUT2D eigenvalue weighted by molar-refractivity contribution is 0.0936. The Balaban J connectivity index is 1.46. The largest absolute Gasteiger partial charge is 0.356 e. The van der Waals surface area contributed by atoms with E-state index in [1.165, 1.54) is 48.1 Å². The summed E-state index contributed by atoms with van der Waals surface area (Å²) in [5.41, 5.74) is 3.63. The second-order valence-electron chi connectivity index (χ2n) is 8.45. The van der Waals surface area contributed by atoms with Crippen molar-refractivity contribution >= 4 is 33.3 Å². The molecule has 30 heavy (non-hydrogen) atoms. The van der Waals surface area contributed by atoms with Gasteiger partial charge in [-0.2, -0.15) is 0 Å². The first-order chi connectivity index (χ1) is 14.7. The highest BCUT2D eigenvalue weighted by Gasteiger charge is 2.26. The van der Waals surface area contributed by atoms with Gasteiger partial charge in [-0.05, 0) is 55.7 Å². The van der Waals surface area contributed by atoms with E-state index in [1.807, 2.05) is 6.92 Å². The number of nitrogens with one attached hydrogen (secondary N) is 1. The van der Waals surface area contributed by atoms with E-state index in [4.69, 9.17) is 0 Å². The molecule has 5 rings (SSSR count). The maximum atomic E-state index is 13.3. The van der Waals surface area contributed by atoms with Crippen LogP contribution < -0.4 is 10.2 Å². The third-order valence-electron chi connectivity index (χ3n) is 6.49. The van der Waals surface area contributed by atoms with Crippen molar-refractivity contribution in [1.29, 1.82) is 0 Å². The summed E-state index contributed by atoms with van der Waals surface area (Å²) in [5.74, 6) is 1.01. The molecule has 156 valence electrons. The number of thiophene rings is 1. The van der Waals surface area contributed by atoms with Crippen molar-refractivity contribution in [3.8, 4) is 0 Å². The lowest BCUT2D eigenvalue weighted by Crippen LogP contribution is -2.30. The van der Waals surface area contributed by atoms with Crippen LogP contribution in [0.3, 0.4) is 0 Å². The Bertz CT molecular complexity index is 1070. The summed E-state index contributed by atoms with van der Waals surface area (Å²) in [5, 5.41) is 4.37. The van der Waals surface area contributed by atoms with Crippen molar-refractivity contribution in [2.75, 3.05) is 18.0 Å².